The Morgan fingerprint density at radius 2 is 2.14 bits per heavy atom. The molecule has 0 spiro atoms. The van der Waals surface area contributed by atoms with Gasteiger partial charge in [0.2, 0.25) is 0 Å². The molecule has 1 aliphatic rings. The number of alkyl halides is 3. The van der Waals surface area contributed by atoms with Crippen molar-refractivity contribution in [2.45, 2.75) is 19.0 Å². The summed E-state index contributed by atoms with van der Waals surface area (Å²) in [6.07, 6.45) is -3.29. The van der Waals surface area contributed by atoms with Gasteiger partial charge in [0.15, 0.2) is 0 Å². The van der Waals surface area contributed by atoms with Crippen LogP contribution in [0.4, 0.5) is 13.2 Å². The number of aliphatic hydroxyl groups is 1. The van der Waals surface area contributed by atoms with Gasteiger partial charge in [0.05, 0.1) is 11.1 Å². The lowest BCUT2D eigenvalue weighted by atomic mass is 10.1. The number of likely N-dealkylation sites (tertiary alicyclic amines) is 1. The van der Waals surface area contributed by atoms with E-state index in [0.29, 0.717) is 25.9 Å². The van der Waals surface area contributed by atoms with E-state index in [1.54, 1.807) is 0 Å². The first-order valence-corrected chi connectivity index (χ1v) is 7.39. The summed E-state index contributed by atoms with van der Waals surface area (Å²) >= 11 is 3.00. The van der Waals surface area contributed by atoms with Gasteiger partial charge in [-0.15, -0.1) is 0 Å². The topological polar surface area (TPSA) is 40.5 Å². The summed E-state index contributed by atoms with van der Waals surface area (Å²) in [5, 5.41) is 8.89. The van der Waals surface area contributed by atoms with E-state index in [-0.39, 0.29) is 22.6 Å². The molecular formula is C14H15BrF3NO2. The summed E-state index contributed by atoms with van der Waals surface area (Å²) in [5.41, 5.74) is -1.25. The SMILES string of the molecule is O=C(c1ccc(Br)cc1C(F)(F)F)N1CCC(CCO)C1. The Morgan fingerprint density at radius 1 is 1.43 bits per heavy atom. The Labute approximate surface area is 128 Å². The number of aliphatic hydroxyl groups excluding tert-OH is 1. The number of benzene rings is 1. The molecule has 1 amide bonds. The fraction of sp³-hybridized carbons (Fsp3) is 0.500. The molecule has 0 saturated carbocycles. The van der Waals surface area contributed by atoms with Crippen LogP contribution in [-0.2, 0) is 6.18 Å². The molecule has 2 rings (SSSR count). The number of carbonyl (C=O) groups is 1. The number of amides is 1. The monoisotopic (exact) mass is 365 g/mol. The largest absolute Gasteiger partial charge is 0.417 e. The summed E-state index contributed by atoms with van der Waals surface area (Å²) in [6.45, 7) is 0.850. The molecule has 0 aromatic heterocycles. The Hall–Kier alpha value is -1.08. The molecule has 1 atom stereocenters. The minimum atomic E-state index is -4.57. The van der Waals surface area contributed by atoms with Crippen molar-refractivity contribution in [2.75, 3.05) is 19.7 Å². The quantitative estimate of drug-likeness (QED) is 0.892. The van der Waals surface area contributed by atoms with Gasteiger partial charge >= 0.3 is 6.18 Å². The van der Waals surface area contributed by atoms with Crippen LogP contribution in [0.5, 0.6) is 0 Å². The van der Waals surface area contributed by atoms with Crippen LogP contribution in [0.3, 0.4) is 0 Å². The summed E-state index contributed by atoms with van der Waals surface area (Å²) in [5.74, 6) is -0.445. The van der Waals surface area contributed by atoms with Crippen molar-refractivity contribution in [2.24, 2.45) is 5.92 Å². The predicted molar refractivity (Wildman–Crippen MR) is 74.9 cm³/mol. The summed E-state index contributed by atoms with van der Waals surface area (Å²) in [6, 6.07) is 3.56. The van der Waals surface area contributed by atoms with Crippen LogP contribution in [-0.4, -0.2) is 35.6 Å². The van der Waals surface area contributed by atoms with Crippen LogP contribution >= 0.6 is 15.9 Å². The molecule has 0 aliphatic carbocycles. The van der Waals surface area contributed by atoms with Crippen molar-refractivity contribution < 1.29 is 23.1 Å². The molecule has 1 aromatic rings. The van der Waals surface area contributed by atoms with E-state index in [4.69, 9.17) is 5.11 Å². The zero-order chi connectivity index (χ0) is 15.6. The lowest BCUT2D eigenvalue weighted by Gasteiger charge is -2.19. The second-order valence-electron chi connectivity index (χ2n) is 5.11. The Kier molecular flexibility index (Phi) is 4.93. The van der Waals surface area contributed by atoms with Gasteiger partial charge in [-0.3, -0.25) is 4.79 Å². The third kappa shape index (κ3) is 3.77. The Bertz CT molecular complexity index is 533. The van der Waals surface area contributed by atoms with Gasteiger partial charge in [-0.1, -0.05) is 15.9 Å². The molecule has 1 saturated heterocycles. The maximum Gasteiger partial charge on any atom is 0.417 e. The second kappa shape index (κ2) is 6.36. The van der Waals surface area contributed by atoms with Crippen molar-refractivity contribution in [1.82, 2.24) is 4.90 Å². The minimum Gasteiger partial charge on any atom is -0.396 e. The van der Waals surface area contributed by atoms with E-state index in [0.717, 1.165) is 6.07 Å². The molecular weight excluding hydrogens is 351 g/mol. The molecule has 1 heterocycles. The fourth-order valence-corrected chi connectivity index (χ4v) is 2.90. The van der Waals surface area contributed by atoms with E-state index in [9.17, 15) is 18.0 Å². The fourth-order valence-electron chi connectivity index (χ4n) is 2.54. The van der Waals surface area contributed by atoms with Crippen LogP contribution in [0.1, 0.15) is 28.8 Å². The zero-order valence-electron chi connectivity index (χ0n) is 11.2. The average Bonchev–Trinajstić information content (AvgIpc) is 2.86. The van der Waals surface area contributed by atoms with Gasteiger partial charge < -0.3 is 10.0 Å². The lowest BCUT2D eigenvalue weighted by Crippen LogP contribution is -2.30. The number of hydrogen-bond donors (Lipinski definition) is 1. The van der Waals surface area contributed by atoms with Crippen LogP contribution in [0.15, 0.2) is 22.7 Å². The van der Waals surface area contributed by atoms with Crippen molar-refractivity contribution in [3.05, 3.63) is 33.8 Å². The number of rotatable bonds is 3. The molecule has 21 heavy (non-hydrogen) atoms. The molecule has 1 aromatic carbocycles. The summed E-state index contributed by atoms with van der Waals surface area (Å²) < 4.78 is 39.4. The first-order chi connectivity index (χ1) is 9.82. The van der Waals surface area contributed by atoms with Crippen molar-refractivity contribution in [3.8, 4) is 0 Å². The van der Waals surface area contributed by atoms with Gasteiger partial charge in [0.25, 0.3) is 5.91 Å². The number of carbonyl (C=O) groups excluding carboxylic acids is 1. The van der Waals surface area contributed by atoms with Crippen LogP contribution in [0, 0.1) is 5.92 Å². The van der Waals surface area contributed by atoms with Crippen molar-refractivity contribution in [3.63, 3.8) is 0 Å². The molecule has 3 nitrogen and oxygen atoms in total. The molecule has 1 fully saturated rings. The molecule has 116 valence electrons. The number of halogens is 4. The maximum absolute atomic E-state index is 13.0. The highest BCUT2D eigenvalue weighted by Crippen LogP contribution is 2.35. The maximum atomic E-state index is 13.0. The first kappa shape index (κ1) is 16.3. The zero-order valence-corrected chi connectivity index (χ0v) is 12.7. The highest BCUT2D eigenvalue weighted by Gasteiger charge is 2.37. The third-order valence-electron chi connectivity index (χ3n) is 3.63. The first-order valence-electron chi connectivity index (χ1n) is 6.60. The molecule has 1 N–H and O–H groups in total. The van der Waals surface area contributed by atoms with Crippen LogP contribution in [0.2, 0.25) is 0 Å². The van der Waals surface area contributed by atoms with E-state index in [2.05, 4.69) is 15.9 Å². The van der Waals surface area contributed by atoms with E-state index in [1.165, 1.54) is 17.0 Å². The number of nitrogens with zero attached hydrogens (tertiary/aromatic N) is 1. The molecule has 0 bridgehead atoms. The Balaban J connectivity index is 2.24. The number of hydrogen-bond acceptors (Lipinski definition) is 2. The molecule has 1 aliphatic heterocycles. The highest BCUT2D eigenvalue weighted by molar-refractivity contribution is 9.10. The van der Waals surface area contributed by atoms with Gasteiger partial charge in [0.1, 0.15) is 0 Å². The second-order valence-corrected chi connectivity index (χ2v) is 6.02. The highest BCUT2D eigenvalue weighted by atomic mass is 79.9. The molecule has 7 heteroatoms. The lowest BCUT2D eigenvalue weighted by molar-refractivity contribution is -0.138. The Morgan fingerprint density at radius 3 is 2.76 bits per heavy atom. The van der Waals surface area contributed by atoms with Gasteiger partial charge in [-0.25, -0.2) is 0 Å². The van der Waals surface area contributed by atoms with Crippen LogP contribution < -0.4 is 0 Å². The van der Waals surface area contributed by atoms with E-state index in [1.807, 2.05) is 0 Å². The smallest absolute Gasteiger partial charge is 0.396 e. The van der Waals surface area contributed by atoms with E-state index < -0.39 is 17.6 Å². The van der Waals surface area contributed by atoms with Gasteiger partial charge in [-0.2, -0.15) is 13.2 Å². The van der Waals surface area contributed by atoms with E-state index >= 15 is 0 Å². The minimum absolute atomic E-state index is 0.0266. The predicted octanol–water partition coefficient (Wildman–Crippen LogP) is 3.31. The van der Waals surface area contributed by atoms with Gasteiger partial charge in [0, 0.05) is 24.2 Å². The van der Waals surface area contributed by atoms with Crippen molar-refractivity contribution in [1.29, 1.82) is 0 Å². The standard InChI is InChI=1S/C14H15BrF3NO2/c15-10-1-2-11(12(7-10)14(16,17)18)13(21)19-5-3-9(8-19)4-6-20/h1-2,7,9,20H,3-6,8H2. The van der Waals surface area contributed by atoms with Gasteiger partial charge in [-0.05, 0) is 37.0 Å². The van der Waals surface area contributed by atoms with Crippen molar-refractivity contribution >= 4 is 21.8 Å². The average molecular weight is 366 g/mol. The molecule has 1 unspecified atom stereocenters. The molecule has 0 radical (unpaired) electrons. The third-order valence-corrected chi connectivity index (χ3v) is 4.12. The summed E-state index contributed by atoms with van der Waals surface area (Å²) in [7, 11) is 0. The summed E-state index contributed by atoms with van der Waals surface area (Å²) in [4.78, 5) is 13.8. The normalized spacial score (nSPS) is 19.1. The van der Waals surface area contributed by atoms with Crippen LogP contribution in [0.25, 0.3) is 0 Å².